The molecule has 0 atom stereocenters. The van der Waals surface area contributed by atoms with E-state index in [1.54, 1.807) is 25.6 Å². The van der Waals surface area contributed by atoms with Crippen molar-refractivity contribution in [1.82, 2.24) is 20.0 Å². The highest BCUT2D eigenvalue weighted by Crippen LogP contribution is 2.35. The fourth-order valence-electron chi connectivity index (χ4n) is 4.46. The average molecular weight is 528 g/mol. The Bertz CT molecular complexity index is 1480. The Morgan fingerprint density at radius 3 is 2.18 bits per heavy atom. The fraction of sp³-hybridized carbons (Fsp3) is 0.333. The Morgan fingerprint density at radius 1 is 0.795 bits per heavy atom. The van der Waals surface area contributed by atoms with E-state index in [4.69, 9.17) is 19.3 Å². The molecule has 2 aromatic carbocycles. The minimum atomic E-state index is -0.522. The molecular weight excluding hydrogens is 494 g/mol. The predicted octanol–water partition coefficient (Wildman–Crippen LogP) is 5.00. The molecule has 5 rings (SSSR count). The van der Waals surface area contributed by atoms with E-state index < -0.39 is 5.41 Å². The summed E-state index contributed by atoms with van der Waals surface area (Å²) in [5, 5.41) is 2.68. The van der Waals surface area contributed by atoms with Gasteiger partial charge in [0.1, 0.15) is 12.1 Å². The number of anilines is 1. The number of hydrogen-bond donors (Lipinski definition) is 0. The number of carbonyl (C=O) groups excluding carboxylic acids is 1. The largest absolute Gasteiger partial charge is 0.493 e. The Hall–Kier alpha value is -4.24. The van der Waals surface area contributed by atoms with Crippen LogP contribution in [0.3, 0.4) is 0 Å². The summed E-state index contributed by atoms with van der Waals surface area (Å²) >= 11 is 0. The molecule has 0 unspecified atom stereocenters. The lowest BCUT2D eigenvalue weighted by atomic mass is 9.98. The van der Waals surface area contributed by atoms with Crippen LogP contribution in [0.15, 0.2) is 61.1 Å². The topological polar surface area (TPSA) is 89.9 Å². The van der Waals surface area contributed by atoms with E-state index in [0.717, 1.165) is 52.2 Å². The first-order chi connectivity index (χ1) is 18.8. The maximum absolute atomic E-state index is 12.2. The van der Waals surface area contributed by atoms with Crippen LogP contribution in [-0.4, -0.2) is 66.4 Å². The summed E-state index contributed by atoms with van der Waals surface area (Å²) < 4.78 is 10.9. The predicted molar refractivity (Wildman–Crippen MR) is 151 cm³/mol. The lowest BCUT2D eigenvalue weighted by Crippen LogP contribution is -2.48. The summed E-state index contributed by atoms with van der Waals surface area (Å²) in [5.41, 5.74) is 4.09. The molecule has 0 amide bonds. The van der Waals surface area contributed by atoms with Gasteiger partial charge in [-0.05, 0) is 68.8 Å². The second-order valence-corrected chi connectivity index (χ2v) is 10.5. The summed E-state index contributed by atoms with van der Waals surface area (Å²) in [6.07, 6.45) is 3.47. The Kier molecular flexibility index (Phi) is 7.34. The number of rotatable bonds is 6. The van der Waals surface area contributed by atoms with Crippen molar-refractivity contribution < 1.29 is 19.1 Å². The van der Waals surface area contributed by atoms with Crippen LogP contribution in [0.25, 0.3) is 33.3 Å². The van der Waals surface area contributed by atoms with Crippen LogP contribution in [0.2, 0.25) is 0 Å². The number of hydrogen-bond acceptors (Lipinski definition) is 9. The van der Waals surface area contributed by atoms with Crippen molar-refractivity contribution in [3.63, 3.8) is 0 Å². The van der Waals surface area contributed by atoms with E-state index in [9.17, 15) is 4.79 Å². The molecule has 0 spiro atoms. The lowest BCUT2D eigenvalue weighted by molar-refractivity contribution is -0.201. The van der Waals surface area contributed by atoms with Gasteiger partial charge in [-0.3, -0.25) is 0 Å². The SMILES string of the molecule is COc1ccc(-c2ncnc3ccc(-c4ccc(N5CCN(OC(=O)C(C)(C)C)CC5)nc4)cc23)cc1OC. The molecule has 4 aromatic rings. The number of hydroxylamine groups is 2. The van der Waals surface area contributed by atoms with Gasteiger partial charge in [0, 0.05) is 35.8 Å². The van der Waals surface area contributed by atoms with E-state index >= 15 is 0 Å². The number of benzene rings is 2. The number of piperazine rings is 1. The molecule has 0 bridgehead atoms. The first kappa shape index (κ1) is 26.4. The number of aromatic nitrogens is 3. The van der Waals surface area contributed by atoms with Gasteiger partial charge in [0.25, 0.3) is 0 Å². The first-order valence-corrected chi connectivity index (χ1v) is 12.9. The summed E-state index contributed by atoms with van der Waals surface area (Å²) in [6.45, 7) is 8.30. The van der Waals surface area contributed by atoms with Crippen LogP contribution in [0.4, 0.5) is 5.82 Å². The van der Waals surface area contributed by atoms with E-state index in [1.165, 1.54) is 0 Å². The van der Waals surface area contributed by atoms with Gasteiger partial charge in [-0.15, -0.1) is 5.06 Å². The summed E-state index contributed by atoms with van der Waals surface area (Å²) in [5.74, 6) is 1.99. The maximum atomic E-state index is 12.2. The molecule has 9 nitrogen and oxygen atoms in total. The third-order valence-electron chi connectivity index (χ3n) is 6.76. The zero-order valence-corrected chi connectivity index (χ0v) is 23.0. The van der Waals surface area contributed by atoms with Crippen LogP contribution < -0.4 is 14.4 Å². The van der Waals surface area contributed by atoms with Gasteiger partial charge < -0.3 is 19.2 Å². The normalized spacial score (nSPS) is 14.3. The van der Waals surface area contributed by atoms with Crippen molar-refractivity contribution in [3.05, 3.63) is 61.1 Å². The summed E-state index contributed by atoms with van der Waals surface area (Å²) in [7, 11) is 3.24. The number of ether oxygens (including phenoxy) is 2. The third kappa shape index (κ3) is 5.63. The van der Waals surface area contributed by atoms with Crippen molar-refractivity contribution in [1.29, 1.82) is 0 Å². The average Bonchev–Trinajstić information content (AvgIpc) is 2.96. The molecule has 1 saturated heterocycles. The first-order valence-electron chi connectivity index (χ1n) is 12.9. The van der Waals surface area contributed by atoms with Crippen LogP contribution in [0.5, 0.6) is 11.5 Å². The van der Waals surface area contributed by atoms with Gasteiger partial charge in [-0.2, -0.15) is 0 Å². The highest BCUT2D eigenvalue weighted by Gasteiger charge is 2.28. The van der Waals surface area contributed by atoms with Crippen LogP contribution in [-0.2, 0) is 9.63 Å². The zero-order valence-electron chi connectivity index (χ0n) is 23.0. The summed E-state index contributed by atoms with van der Waals surface area (Å²) in [6, 6.07) is 16.0. The Morgan fingerprint density at radius 2 is 1.51 bits per heavy atom. The van der Waals surface area contributed by atoms with Gasteiger partial charge in [0.15, 0.2) is 11.5 Å². The molecule has 9 heteroatoms. The monoisotopic (exact) mass is 527 g/mol. The van der Waals surface area contributed by atoms with Gasteiger partial charge in [0.05, 0.1) is 43.9 Å². The van der Waals surface area contributed by atoms with Crippen LogP contribution >= 0.6 is 0 Å². The second kappa shape index (κ2) is 10.9. The molecule has 2 aromatic heterocycles. The molecule has 0 N–H and O–H groups in total. The number of pyridine rings is 1. The molecule has 1 aliphatic rings. The van der Waals surface area contributed by atoms with E-state index in [2.05, 4.69) is 27.0 Å². The lowest BCUT2D eigenvalue weighted by Gasteiger charge is -2.35. The quantitative estimate of drug-likeness (QED) is 0.343. The van der Waals surface area contributed by atoms with Crippen molar-refractivity contribution >= 4 is 22.7 Å². The van der Waals surface area contributed by atoms with Gasteiger partial charge in [0.2, 0.25) is 0 Å². The minimum Gasteiger partial charge on any atom is -0.493 e. The number of carbonyl (C=O) groups is 1. The van der Waals surface area contributed by atoms with E-state index in [1.807, 2.05) is 63.4 Å². The van der Waals surface area contributed by atoms with Crippen molar-refractivity contribution in [2.24, 2.45) is 5.41 Å². The highest BCUT2D eigenvalue weighted by molar-refractivity contribution is 5.95. The van der Waals surface area contributed by atoms with Gasteiger partial charge in [-0.25, -0.2) is 19.7 Å². The molecule has 0 aliphatic carbocycles. The smallest absolute Gasteiger partial charge is 0.330 e. The molecule has 39 heavy (non-hydrogen) atoms. The minimum absolute atomic E-state index is 0.214. The maximum Gasteiger partial charge on any atom is 0.330 e. The number of nitrogens with zero attached hydrogens (tertiary/aromatic N) is 5. The summed E-state index contributed by atoms with van der Waals surface area (Å²) in [4.78, 5) is 33.7. The Balaban J connectivity index is 1.34. The van der Waals surface area contributed by atoms with Crippen LogP contribution in [0, 0.1) is 5.41 Å². The highest BCUT2D eigenvalue weighted by atomic mass is 16.7. The van der Waals surface area contributed by atoms with Gasteiger partial charge >= 0.3 is 5.97 Å². The fourth-order valence-corrected chi connectivity index (χ4v) is 4.46. The molecule has 0 radical (unpaired) electrons. The van der Waals surface area contributed by atoms with E-state index in [0.29, 0.717) is 24.6 Å². The molecule has 3 heterocycles. The Labute approximate surface area is 228 Å². The molecule has 0 saturated carbocycles. The van der Waals surface area contributed by atoms with Crippen molar-refractivity contribution in [2.75, 3.05) is 45.3 Å². The van der Waals surface area contributed by atoms with Crippen molar-refractivity contribution in [3.8, 4) is 33.9 Å². The third-order valence-corrected chi connectivity index (χ3v) is 6.76. The zero-order chi connectivity index (χ0) is 27.6. The van der Waals surface area contributed by atoms with Gasteiger partial charge in [-0.1, -0.05) is 6.07 Å². The molecule has 1 aliphatic heterocycles. The molecule has 202 valence electrons. The van der Waals surface area contributed by atoms with E-state index in [-0.39, 0.29) is 5.97 Å². The molecule has 1 fully saturated rings. The number of methoxy groups -OCH3 is 2. The second-order valence-electron chi connectivity index (χ2n) is 10.5. The van der Waals surface area contributed by atoms with Crippen molar-refractivity contribution in [2.45, 2.75) is 20.8 Å². The molecular formula is C30H33N5O4. The number of fused-ring (bicyclic) bond motifs is 1. The van der Waals surface area contributed by atoms with Crippen LogP contribution in [0.1, 0.15) is 20.8 Å². The standard InChI is InChI=1S/C30H33N5O4/c1-30(2,3)29(36)39-35-14-12-34(13-15-35)27-11-8-22(18-31-27)20-6-9-24-23(16-20)28(33-19-32-24)21-7-10-25(37-4)26(17-21)38-5/h6-11,16-19H,12-15H2,1-5H3.